The third kappa shape index (κ3) is 3.52. The molecule has 118 valence electrons. The van der Waals surface area contributed by atoms with Crippen molar-refractivity contribution in [3.05, 3.63) is 39.1 Å². The van der Waals surface area contributed by atoms with Gasteiger partial charge in [-0.15, -0.1) is 11.3 Å². The van der Waals surface area contributed by atoms with E-state index in [0.717, 1.165) is 11.3 Å². The average Bonchev–Trinajstić information content (AvgIpc) is 2.96. The minimum Gasteiger partial charge on any atom is -0.292 e. The van der Waals surface area contributed by atoms with E-state index < -0.39 is 16.1 Å². The van der Waals surface area contributed by atoms with E-state index in [9.17, 15) is 18.0 Å². The molecule has 3 N–H and O–H groups in total. The molecule has 2 rings (SSSR count). The summed E-state index contributed by atoms with van der Waals surface area (Å²) in [6, 6.07) is 1.94. The second-order valence-corrected chi connectivity index (χ2v) is 7.19. The van der Waals surface area contributed by atoms with Gasteiger partial charge >= 0.3 is 6.03 Å². The van der Waals surface area contributed by atoms with Gasteiger partial charge in [-0.05, 0) is 24.8 Å². The number of H-pyrrole nitrogens is 1. The molecule has 0 radical (unpaired) electrons. The first-order chi connectivity index (χ1) is 10.3. The fourth-order valence-electron chi connectivity index (χ4n) is 1.70. The van der Waals surface area contributed by atoms with Crippen LogP contribution in [-0.4, -0.2) is 24.4 Å². The van der Waals surface area contributed by atoms with Gasteiger partial charge < -0.3 is 0 Å². The van der Waals surface area contributed by atoms with E-state index in [1.165, 1.54) is 6.07 Å². The Labute approximate surface area is 130 Å². The highest BCUT2D eigenvalue weighted by Gasteiger charge is 2.19. The molecule has 2 amide bonds. The molecule has 0 spiro atoms. The third-order valence-corrected chi connectivity index (χ3v) is 5.53. The van der Waals surface area contributed by atoms with E-state index in [-0.39, 0.29) is 15.7 Å². The van der Waals surface area contributed by atoms with Crippen LogP contribution in [0.1, 0.15) is 18.2 Å². The van der Waals surface area contributed by atoms with Crippen LogP contribution in [0.4, 0.5) is 10.7 Å². The molecule has 2 aromatic heterocycles. The van der Waals surface area contributed by atoms with Crippen LogP contribution in [0, 0.1) is 6.92 Å². The summed E-state index contributed by atoms with van der Waals surface area (Å²) in [7, 11) is -3.93. The van der Waals surface area contributed by atoms with E-state index in [1.54, 1.807) is 18.4 Å². The summed E-state index contributed by atoms with van der Waals surface area (Å²) in [5.74, 6) is -0.105. The molecule has 0 unspecified atom stereocenters. The normalized spacial score (nSPS) is 11.2. The van der Waals surface area contributed by atoms with E-state index in [0.29, 0.717) is 17.7 Å². The van der Waals surface area contributed by atoms with Crippen molar-refractivity contribution in [1.29, 1.82) is 0 Å². The second-order valence-electron chi connectivity index (χ2n) is 4.33. The van der Waals surface area contributed by atoms with Crippen molar-refractivity contribution < 1.29 is 13.2 Å². The van der Waals surface area contributed by atoms with E-state index in [2.05, 4.69) is 15.3 Å². The Kier molecular flexibility index (Phi) is 4.62. The first-order valence-electron chi connectivity index (χ1n) is 6.30. The second kappa shape index (κ2) is 6.28. The highest BCUT2D eigenvalue weighted by atomic mass is 32.2. The number of hydrogen-bond donors (Lipinski definition) is 3. The van der Waals surface area contributed by atoms with Crippen LogP contribution >= 0.6 is 11.3 Å². The molecule has 10 heteroatoms. The number of carbonyl (C=O) groups is 1. The average molecular weight is 342 g/mol. The molecule has 2 heterocycles. The maximum Gasteiger partial charge on any atom is 0.335 e. The molecule has 0 aliphatic rings. The molecular formula is C12H14N4O4S2. The summed E-state index contributed by atoms with van der Waals surface area (Å²) in [5, 5.41) is 3.79. The summed E-state index contributed by atoms with van der Waals surface area (Å²) >= 11 is 0.985. The minimum absolute atomic E-state index is 0.0160. The summed E-state index contributed by atoms with van der Waals surface area (Å²) in [5.41, 5.74) is 0.600. The molecule has 0 saturated carbocycles. The SMILES string of the molecule is CCc1nc(NC(=O)NS(=O)(=O)c2cccs2)[nH]c(=O)c1C. The predicted molar refractivity (Wildman–Crippen MR) is 82.6 cm³/mol. The zero-order valence-corrected chi connectivity index (χ0v) is 13.5. The number of aryl methyl sites for hydroxylation is 1. The van der Waals surface area contributed by atoms with Crippen molar-refractivity contribution in [2.45, 2.75) is 24.5 Å². The number of urea groups is 1. The molecule has 0 aromatic carbocycles. The fourth-order valence-corrected chi connectivity index (χ4v) is 3.60. The Morgan fingerprint density at radius 2 is 2.18 bits per heavy atom. The number of anilines is 1. The molecule has 0 aliphatic carbocycles. The first kappa shape index (κ1) is 16.2. The highest BCUT2D eigenvalue weighted by Crippen LogP contribution is 2.15. The zero-order chi connectivity index (χ0) is 16.3. The lowest BCUT2D eigenvalue weighted by Crippen LogP contribution is -2.35. The lowest BCUT2D eigenvalue weighted by Gasteiger charge is -2.08. The first-order valence-corrected chi connectivity index (χ1v) is 8.67. The summed E-state index contributed by atoms with van der Waals surface area (Å²) < 4.78 is 25.6. The van der Waals surface area contributed by atoms with Gasteiger partial charge in [-0.2, -0.15) is 0 Å². The highest BCUT2D eigenvalue weighted by molar-refractivity contribution is 7.92. The standard InChI is InChI=1S/C12H14N4O4S2/c1-3-8-7(2)10(17)14-11(13-8)15-12(18)16-22(19,20)9-5-4-6-21-9/h4-6H,3H2,1-2H3,(H3,13,14,15,16,17,18). The van der Waals surface area contributed by atoms with Crippen molar-refractivity contribution in [2.75, 3.05) is 5.32 Å². The molecule has 8 nitrogen and oxygen atoms in total. The zero-order valence-electron chi connectivity index (χ0n) is 11.8. The number of carbonyl (C=O) groups excluding carboxylic acids is 1. The fraction of sp³-hybridized carbons (Fsp3) is 0.250. The Balaban J connectivity index is 2.17. The number of hydrogen-bond acceptors (Lipinski definition) is 6. The third-order valence-electron chi connectivity index (χ3n) is 2.81. The Morgan fingerprint density at radius 1 is 1.45 bits per heavy atom. The minimum atomic E-state index is -3.93. The van der Waals surface area contributed by atoms with Crippen molar-refractivity contribution in [3.8, 4) is 0 Å². The predicted octanol–water partition coefficient (Wildman–Crippen LogP) is 1.21. The molecule has 2 aromatic rings. The van der Waals surface area contributed by atoms with Crippen LogP contribution in [0.25, 0.3) is 0 Å². The molecule has 0 atom stereocenters. The maximum atomic E-state index is 11.9. The van der Waals surface area contributed by atoms with Gasteiger partial charge in [0.05, 0.1) is 5.69 Å². The quantitative estimate of drug-likeness (QED) is 0.771. The molecular weight excluding hydrogens is 328 g/mol. The van der Waals surface area contributed by atoms with Crippen LogP contribution in [0.3, 0.4) is 0 Å². The van der Waals surface area contributed by atoms with Gasteiger partial charge in [0.2, 0.25) is 5.95 Å². The van der Waals surface area contributed by atoms with Crippen molar-refractivity contribution in [3.63, 3.8) is 0 Å². The smallest absolute Gasteiger partial charge is 0.292 e. The number of amides is 2. The monoisotopic (exact) mass is 342 g/mol. The molecule has 0 fully saturated rings. The van der Waals surface area contributed by atoms with Gasteiger partial charge in [-0.3, -0.25) is 15.1 Å². The number of aromatic nitrogens is 2. The van der Waals surface area contributed by atoms with Gasteiger partial charge in [0.15, 0.2) is 0 Å². The number of rotatable bonds is 4. The van der Waals surface area contributed by atoms with Crippen molar-refractivity contribution >= 4 is 33.3 Å². The van der Waals surface area contributed by atoms with Gasteiger partial charge in [-0.25, -0.2) is 22.9 Å². The topological polar surface area (TPSA) is 121 Å². The number of thiophene rings is 1. The summed E-state index contributed by atoms with van der Waals surface area (Å²) in [4.78, 5) is 29.9. The number of nitrogens with zero attached hydrogens (tertiary/aromatic N) is 1. The van der Waals surface area contributed by atoms with Crippen LogP contribution in [0.5, 0.6) is 0 Å². The Hall–Kier alpha value is -2.20. The largest absolute Gasteiger partial charge is 0.335 e. The number of nitrogens with one attached hydrogen (secondary N) is 3. The number of aromatic amines is 1. The van der Waals surface area contributed by atoms with E-state index in [4.69, 9.17) is 0 Å². The summed E-state index contributed by atoms with van der Waals surface area (Å²) in [6.07, 6.45) is 0.513. The molecule has 0 bridgehead atoms. The van der Waals surface area contributed by atoms with Gasteiger partial charge in [0.25, 0.3) is 15.6 Å². The lowest BCUT2D eigenvalue weighted by molar-refractivity contribution is 0.256. The van der Waals surface area contributed by atoms with Crippen molar-refractivity contribution in [1.82, 2.24) is 14.7 Å². The number of sulfonamides is 1. The van der Waals surface area contributed by atoms with Gasteiger partial charge in [-0.1, -0.05) is 13.0 Å². The van der Waals surface area contributed by atoms with E-state index in [1.807, 2.05) is 11.6 Å². The Bertz CT molecular complexity index is 841. The van der Waals surface area contributed by atoms with Crippen LogP contribution in [0.15, 0.2) is 26.5 Å². The van der Waals surface area contributed by atoms with E-state index >= 15 is 0 Å². The molecule has 0 aliphatic heterocycles. The lowest BCUT2D eigenvalue weighted by atomic mass is 10.2. The molecule has 0 saturated heterocycles. The van der Waals surface area contributed by atoms with Gasteiger partial charge in [0.1, 0.15) is 4.21 Å². The van der Waals surface area contributed by atoms with Crippen LogP contribution < -0.4 is 15.6 Å². The molecule has 22 heavy (non-hydrogen) atoms. The van der Waals surface area contributed by atoms with Crippen LogP contribution in [-0.2, 0) is 16.4 Å². The van der Waals surface area contributed by atoms with Gasteiger partial charge in [0, 0.05) is 5.56 Å². The maximum absolute atomic E-state index is 11.9. The summed E-state index contributed by atoms with van der Waals surface area (Å²) in [6.45, 7) is 3.44. The van der Waals surface area contributed by atoms with Crippen molar-refractivity contribution in [2.24, 2.45) is 0 Å². The van der Waals surface area contributed by atoms with Crippen LogP contribution in [0.2, 0.25) is 0 Å². The Morgan fingerprint density at radius 3 is 2.77 bits per heavy atom.